The highest BCUT2D eigenvalue weighted by molar-refractivity contribution is 5.89. The van der Waals surface area contributed by atoms with Crippen molar-refractivity contribution < 1.29 is 13.6 Å². The molecule has 7 heteroatoms. The van der Waals surface area contributed by atoms with Crippen LogP contribution in [0.2, 0.25) is 0 Å². The number of carbonyl (C=O) groups is 1. The summed E-state index contributed by atoms with van der Waals surface area (Å²) in [6, 6.07) is 11.0. The Labute approximate surface area is 158 Å². The molecule has 1 saturated carbocycles. The predicted molar refractivity (Wildman–Crippen MR) is 101 cm³/mol. The summed E-state index contributed by atoms with van der Waals surface area (Å²) in [4.78, 5) is 13.4. The van der Waals surface area contributed by atoms with Crippen molar-refractivity contribution in [2.45, 2.75) is 44.4 Å². The quantitative estimate of drug-likeness (QED) is 0.841. The first-order chi connectivity index (χ1) is 12.8. The largest absolute Gasteiger partial charge is 0.351 e. The fourth-order valence-corrected chi connectivity index (χ4v) is 3.88. The monoisotopic (exact) mass is 376 g/mol. The Bertz CT molecular complexity index is 777. The van der Waals surface area contributed by atoms with Crippen molar-refractivity contribution in [1.29, 1.82) is 0 Å². The van der Waals surface area contributed by atoms with E-state index in [1.807, 2.05) is 6.07 Å². The number of nitrogens with zero attached hydrogens (tertiary/aromatic N) is 3. The van der Waals surface area contributed by atoms with Crippen molar-refractivity contribution in [3.63, 3.8) is 0 Å². The van der Waals surface area contributed by atoms with Crippen LogP contribution >= 0.6 is 0 Å². The van der Waals surface area contributed by atoms with Gasteiger partial charge in [-0.1, -0.05) is 30.3 Å². The third-order valence-electron chi connectivity index (χ3n) is 5.41. The van der Waals surface area contributed by atoms with Crippen LogP contribution in [0.25, 0.3) is 0 Å². The van der Waals surface area contributed by atoms with E-state index in [2.05, 4.69) is 29.4 Å². The average molecular weight is 376 g/mol. The van der Waals surface area contributed by atoms with Gasteiger partial charge in [0.05, 0.1) is 0 Å². The lowest BCUT2D eigenvalue weighted by Gasteiger charge is -2.32. The van der Waals surface area contributed by atoms with E-state index in [1.54, 1.807) is 7.05 Å². The summed E-state index contributed by atoms with van der Waals surface area (Å²) in [6.07, 6.45) is 4.03. The van der Waals surface area contributed by atoms with E-state index in [4.69, 9.17) is 5.73 Å². The SMILES string of the molecule is Cn1nc(C(C)(F)F)cc1N(CC1CCC(c2ccccc2)CC1)C(N)=O. The third kappa shape index (κ3) is 4.46. The molecule has 0 unspecified atom stereocenters. The molecule has 0 bridgehead atoms. The lowest BCUT2D eigenvalue weighted by molar-refractivity contribution is 0.0122. The van der Waals surface area contributed by atoms with Crippen LogP contribution < -0.4 is 10.6 Å². The maximum absolute atomic E-state index is 13.6. The molecule has 2 amide bonds. The van der Waals surface area contributed by atoms with Gasteiger partial charge in [0.15, 0.2) is 0 Å². The van der Waals surface area contributed by atoms with E-state index < -0.39 is 12.0 Å². The van der Waals surface area contributed by atoms with Gasteiger partial charge >= 0.3 is 6.03 Å². The number of alkyl halides is 2. The number of nitrogens with two attached hydrogens (primary N) is 1. The molecule has 0 atom stereocenters. The molecule has 27 heavy (non-hydrogen) atoms. The van der Waals surface area contributed by atoms with E-state index in [0.29, 0.717) is 18.3 Å². The van der Waals surface area contributed by atoms with Gasteiger partial charge < -0.3 is 5.73 Å². The summed E-state index contributed by atoms with van der Waals surface area (Å²) >= 11 is 0. The number of amides is 2. The van der Waals surface area contributed by atoms with Crippen LogP contribution in [0.1, 0.15) is 49.8 Å². The first kappa shape index (κ1) is 19.3. The minimum atomic E-state index is -3.06. The van der Waals surface area contributed by atoms with Gasteiger partial charge in [0.25, 0.3) is 5.92 Å². The summed E-state index contributed by atoms with van der Waals surface area (Å²) in [7, 11) is 1.55. The summed E-state index contributed by atoms with van der Waals surface area (Å²) in [5, 5.41) is 3.85. The molecule has 1 heterocycles. The number of hydrogen-bond donors (Lipinski definition) is 1. The van der Waals surface area contributed by atoms with Gasteiger partial charge in [0.2, 0.25) is 0 Å². The van der Waals surface area contributed by atoms with E-state index in [0.717, 1.165) is 32.6 Å². The topological polar surface area (TPSA) is 64.2 Å². The zero-order valence-electron chi connectivity index (χ0n) is 15.7. The minimum absolute atomic E-state index is 0.290. The number of carbonyl (C=O) groups excluding carboxylic acids is 1. The van der Waals surface area contributed by atoms with Gasteiger partial charge in [-0.2, -0.15) is 13.9 Å². The Morgan fingerprint density at radius 2 is 1.89 bits per heavy atom. The van der Waals surface area contributed by atoms with Gasteiger partial charge in [-0.15, -0.1) is 0 Å². The van der Waals surface area contributed by atoms with Crippen molar-refractivity contribution in [2.24, 2.45) is 18.7 Å². The second-order valence-electron chi connectivity index (χ2n) is 7.48. The van der Waals surface area contributed by atoms with Crippen molar-refractivity contribution in [3.05, 3.63) is 47.7 Å². The van der Waals surface area contributed by atoms with Crippen LogP contribution in [0.15, 0.2) is 36.4 Å². The van der Waals surface area contributed by atoms with Crippen molar-refractivity contribution in [3.8, 4) is 0 Å². The number of urea groups is 1. The second kappa shape index (κ2) is 7.66. The Hall–Kier alpha value is -2.44. The van der Waals surface area contributed by atoms with Crippen LogP contribution in [0.4, 0.5) is 19.4 Å². The molecule has 1 aromatic heterocycles. The molecule has 146 valence electrons. The average Bonchev–Trinajstić information content (AvgIpc) is 3.02. The zero-order valence-corrected chi connectivity index (χ0v) is 15.7. The van der Waals surface area contributed by atoms with Crippen LogP contribution in [0.3, 0.4) is 0 Å². The molecule has 0 saturated heterocycles. The Morgan fingerprint density at radius 1 is 1.26 bits per heavy atom. The number of aromatic nitrogens is 2. The van der Waals surface area contributed by atoms with Crippen LogP contribution in [-0.2, 0) is 13.0 Å². The molecule has 2 aromatic rings. The van der Waals surface area contributed by atoms with E-state index in [9.17, 15) is 13.6 Å². The van der Waals surface area contributed by atoms with Gasteiger partial charge in [-0.25, -0.2) is 4.79 Å². The Kier molecular flexibility index (Phi) is 5.48. The summed E-state index contributed by atoms with van der Waals surface area (Å²) in [6.45, 7) is 1.21. The molecule has 0 spiro atoms. The van der Waals surface area contributed by atoms with Crippen LogP contribution in [0.5, 0.6) is 0 Å². The van der Waals surface area contributed by atoms with Crippen molar-refractivity contribution >= 4 is 11.8 Å². The van der Waals surface area contributed by atoms with E-state index in [1.165, 1.54) is 21.2 Å². The van der Waals surface area contributed by atoms with E-state index >= 15 is 0 Å². The van der Waals surface area contributed by atoms with Gasteiger partial charge in [-0.05, 0) is 43.1 Å². The van der Waals surface area contributed by atoms with E-state index in [-0.39, 0.29) is 11.6 Å². The van der Waals surface area contributed by atoms with Crippen molar-refractivity contribution in [1.82, 2.24) is 9.78 Å². The minimum Gasteiger partial charge on any atom is -0.351 e. The maximum atomic E-state index is 13.6. The summed E-state index contributed by atoms with van der Waals surface area (Å²) < 4.78 is 28.4. The molecule has 1 aliphatic rings. The molecule has 1 aromatic carbocycles. The fourth-order valence-electron chi connectivity index (χ4n) is 3.88. The summed E-state index contributed by atoms with van der Waals surface area (Å²) in [5.74, 6) is -1.93. The molecule has 2 N–H and O–H groups in total. The number of primary amides is 1. The van der Waals surface area contributed by atoms with Gasteiger partial charge in [-0.3, -0.25) is 9.58 Å². The van der Waals surface area contributed by atoms with Gasteiger partial charge in [0.1, 0.15) is 11.5 Å². The number of hydrogen-bond acceptors (Lipinski definition) is 2. The molecule has 0 radical (unpaired) electrons. The number of benzene rings is 1. The first-order valence-corrected chi connectivity index (χ1v) is 9.30. The maximum Gasteiger partial charge on any atom is 0.320 e. The highest BCUT2D eigenvalue weighted by Gasteiger charge is 2.32. The molecule has 1 aliphatic carbocycles. The zero-order chi connectivity index (χ0) is 19.6. The molecular weight excluding hydrogens is 350 g/mol. The fraction of sp³-hybridized carbons (Fsp3) is 0.500. The highest BCUT2D eigenvalue weighted by Crippen LogP contribution is 2.37. The lowest BCUT2D eigenvalue weighted by Crippen LogP contribution is -2.41. The number of halogens is 2. The number of anilines is 1. The number of rotatable bonds is 5. The molecular formula is C20H26F2N4O. The Morgan fingerprint density at radius 3 is 2.41 bits per heavy atom. The predicted octanol–water partition coefficient (Wildman–Crippen LogP) is 4.39. The second-order valence-corrected chi connectivity index (χ2v) is 7.48. The molecule has 0 aliphatic heterocycles. The normalized spacial score (nSPS) is 20.4. The highest BCUT2D eigenvalue weighted by atomic mass is 19.3. The standard InChI is InChI=1S/C20H26F2N4O/c1-20(21,22)17-12-18(25(2)24-17)26(19(23)27)13-14-8-10-16(11-9-14)15-6-4-3-5-7-15/h3-7,12,14,16H,8-11,13H2,1-2H3,(H2,23,27). The molecule has 1 fully saturated rings. The van der Waals surface area contributed by atoms with Crippen molar-refractivity contribution in [2.75, 3.05) is 11.4 Å². The number of aryl methyl sites for hydroxylation is 1. The van der Waals surface area contributed by atoms with Crippen LogP contribution in [0, 0.1) is 5.92 Å². The molecule has 5 nitrogen and oxygen atoms in total. The third-order valence-corrected chi connectivity index (χ3v) is 5.41. The van der Waals surface area contributed by atoms with Gasteiger partial charge in [0, 0.05) is 26.6 Å². The lowest BCUT2D eigenvalue weighted by atomic mass is 9.78. The molecule has 3 rings (SSSR count). The Balaban J connectivity index is 1.68. The first-order valence-electron chi connectivity index (χ1n) is 9.30. The smallest absolute Gasteiger partial charge is 0.320 e. The summed E-state index contributed by atoms with van der Waals surface area (Å²) in [5.41, 5.74) is 6.54. The van der Waals surface area contributed by atoms with Crippen LogP contribution in [-0.4, -0.2) is 22.4 Å².